The minimum absolute atomic E-state index is 0.143. The molecule has 1 aromatic rings. The largest absolute Gasteiger partial charge is 0.481 e. The quantitative estimate of drug-likeness (QED) is 0.694. The Morgan fingerprint density at radius 1 is 1.67 bits per heavy atom. The zero-order chi connectivity index (χ0) is 8.97. The molecule has 0 aromatic carbocycles. The van der Waals surface area contributed by atoms with Crippen molar-refractivity contribution in [3.8, 4) is 5.88 Å². The number of nitrogens with one attached hydrogen (secondary N) is 1. The molecule has 1 N–H and O–H groups in total. The van der Waals surface area contributed by atoms with Crippen LogP contribution >= 0.6 is 0 Å². The highest BCUT2D eigenvalue weighted by Gasteiger charge is 2.03. The fourth-order valence-electron chi connectivity index (χ4n) is 0.807. The van der Waals surface area contributed by atoms with Gasteiger partial charge in [-0.15, -0.1) is 0 Å². The van der Waals surface area contributed by atoms with Crippen LogP contribution in [0, 0.1) is 0 Å². The van der Waals surface area contributed by atoms with Crippen molar-refractivity contribution in [2.45, 2.75) is 0 Å². The fraction of sp³-hybridized carbons (Fsp3) is 0.250. The van der Waals surface area contributed by atoms with Gasteiger partial charge in [0.1, 0.15) is 0 Å². The summed E-state index contributed by atoms with van der Waals surface area (Å²) < 4.78 is 4.86. The summed E-state index contributed by atoms with van der Waals surface area (Å²) in [5, 5.41) is 2.51. The van der Waals surface area contributed by atoms with Gasteiger partial charge in [0, 0.05) is 24.9 Å². The number of methoxy groups -OCH3 is 1. The van der Waals surface area contributed by atoms with Gasteiger partial charge >= 0.3 is 0 Å². The fourth-order valence-corrected chi connectivity index (χ4v) is 0.807. The molecule has 0 spiro atoms. The Balaban J connectivity index is 2.93. The van der Waals surface area contributed by atoms with E-state index in [0.29, 0.717) is 11.4 Å². The summed E-state index contributed by atoms with van der Waals surface area (Å²) in [4.78, 5) is 15.0. The van der Waals surface area contributed by atoms with Crippen molar-refractivity contribution in [3.63, 3.8) is 0 Å². The molecule has 0 saturated carbocycles. The Labute approximate surface area is 70.6 Å². The zero-order valence-corrected chi connectivity index (χ0v) is 7.00. The standard InChI is InChI=1S/C8H10N2O2/c1-9-8(11)6-3-4-10-7(5-6)12-2/h3-5H,1-2H3,(H,9,11). The van der Waals surface area contributed by atoms with Crippen molar-refractivity contribution in [1.29, 1.82) is 0 Å². The second-order valence-corrected chi connectivity index (χ2v) is 2.17. The molecule has 1 amide bonds. The molecule has 0 aliphatic heterocycles. The van der Waals surface area contributed by atoms with Gasteiger partial charge in [0.05, 0.1) is 7.11 Å². The van der Waals surface area contributed by atoms with E-state index in [-0.39, 0.29) is 5.91 Å². The third-order valence-corrected chi connectivity index (χ3v) is 1.43. The molecule has 64 valence electrons. The summed E-state index contributed by atoms with van der Waals surface area (Å²) in [5.74, 6) is 0.298. The third-order valence-electron chi connectivity index (χ3n) is 1.43. The van der Waals surface area contributed by atoms with E-state index < -0.39 is 0 Å². The van der Waals surface area contributed by atoms with Crippen LogP contribution in [0.3, 0.4) is 0 Å². The molecule has 0 aliphatic rings. The van der Waals surface area contributed by atoms with E-state index in [9.17, 15) is 4.79 Å². The molecular formula is C8H10N2O2. The first-order valence-corrected chi connectivity index (χ1v) is 3.50. The van der Waals surface area contributed by atoms with Gasteiger partial charge in [-0.05, 0) is 6.07 Å². The van der Waals surface area contributed by atoms with E-state index in [2.05, 4.69) is 10.3 Å². The second kappa shape index (κ2) is 3.71. The van der Waals surface area contributed by atoms with E-state index >= 15 is 0 Å². The van der Waals surface area contributed by atoms with Crippen LogP contribution in [0.4, 0.5) is 0 Å². The number of aromatic nitrogens is 1. The van der Waals surface area contributed by atoms with Gasteiger partial charge in [0.15, 0.2) is 0 Å². The number of hydrogen-bond donors (Lipinski definition) is 1. The predicted molar refractivity (Wildman–Crippen MR) is 44.2 cm³/mol. The number of nitrogens with zero attached hydrogens (tertiary/aromatic N) is 1. The molecule has 0 bridgehead atoms. The number of ether oxygens (including phenoxy) is 1. The van der Waals surface area contributed by atoms with Crippen LogP contribution in [-0.4, -0.2) is 25.0 Å². The molecule has 0 unspecified atom stereocenters. The average molecular weight is 166 g/mol. The summed E-state index contributed by atoms with van der Waals surface area (Å²) in [5.41, 5.74) is 0.546. The van der Waals surface area contributed by atoms with E-state index in [1.54, 1.807) is 19.2 Å². The lowest BCUT2D eigenvalue weighted by atomic mass is 10.2. The van der Waals surface area contributed by atoms with E-state index in [1.165, 1.54) is 13.3 Å². The first-order chi connectivity index (χ1) is 5.77. The van der Waals surface area contributed by atoms with E-state index in [1.807, 2.05) is 0 Å². The lowest BCUT2D eigenvalue weighted by Gasteiger charge is -2.01. The molecule has 12 heavy (non-hydrogen) atoms. The minimum Gasteiger partial charge on any atom is -0.481 e. The second-order valence-electron chi connectivity index (χ2n) is 2.17. The highest BCUT2D eigenvalue weighted by Crippen LogP contribution is 2.07. The van der Waals surface area contributed by atoms with Crippen LogP contribution < -0.4 is 10.1 Å². The molecule has 4 heteroatoms. The van der Waals surface area contributed by atoms with E-state index in [4.69, 9.17) is 4.74 Å². The maximum absolute atomic E-state index is 11.1. The summed E-state index contributed by atoms with van der Waals surface area (Å²) in [6.45, 7) is 0. The summed E-state index contributed by atoms with van der Waals surface area (Å²) >= 11 is 0. The average Bonchev–Trinajstić information content (AvgIpc) is 2.17. The van der Waals surface area contributed by atoms with Crippen LogP contribution in [0.15, 0.2) is 18.3 Å². The van der Waals surface area contributed by atoms with Gasteiger partial charge in [-0.25, -0.2) is 4.98 Å². The van der Waals surface area contributed by atoms with Crippen molar-refractivity contribution in [2.24, 2.45) is 0 Å². The number of carbonyl (C=O) groups excluding carboxylic acids is 1. The lowest BCUT2D eigenvalue weighted by molar-refractivity contribution is 0.0962. The number of amides is 1. The smallest absolute Gasteiger partial charge is 0.251 e. The van der Waals surface area contributed by atoms with Gasteiger partial charge < -0.3 is 10.1 Å². The molecule has 1 heterocycles. The van der Waals surface area contributed by atoms with Crippen LogP contribution in [0.2, 0.25) is 0 Å². The predicted octanol–water partition coefficient (Wildman–Crippen LogP) is 0.450. The molecular weight excluding hydrogens is 156 g/mol. The van der Waals surface area contributed by atoms with Gasteiger partial charge in [0.2, 0.25) is 5.88 Å². The number of hydrogen-bond acceptors (Lipinski definition) is 3. The zero-order valence-electron chi connectivity index (χ0n) is 7.00. The van der Waals surface area contributed by atoms with Gasteiger partial charge in [-0.1, -0.05) is 0 Å². The normalized spacial score (nSPS) is 9.17. The molecule has 1 aromatic heterocycles. The Bertz CT molecular complexity index is 286. The molecule has 1 rings (SSSR count). The first kappa shape index (κ1) is 8.52. The Morgan fingerprint density at radius 3 is 3.00 bits per heavy atom. The maximum Gasteiger partial charge on any atom is 0.251 e. The Kier molecular flexibility index (Phi) is 2.63. The van der Waals surface area contributed by atoms with E-state index in [0.717, 1.165) is 0 Å². The summed E-state index contributed by atoms with van der Waals surface area (Å²) in [6.07, 6.45) is 1.53. The SMILES string of the molecule is CNC(=O)c1ccnc(OC)c1. The van der Waals surface area contributed by atoms with Crippen molar-refractivity contribution in [2.75, 3.05) is 14.2 Å². The number of carbonyl (C=O) groups is 1. The van der Waals surface area contributed by atoms with Gasteiger partial charge in [-0.2, -0.15) is 0 Å². The molecule has 4 nitrogen and oxygen atoms in total. The third kappa shape index (κ3) is 1.72. The maximum atomic E-state index is 11.1. The highest BCUT2D eigenvalue weighted by atomic mass is 16.5. The van der Waals surface area contributed by atoms with Gasteiger partial charge in [-0.3, -0.25) is 4.79 Å². The topological polar surface area (TPSA) is 51.2 Å². The number of pyridine rings is 1. The highest BCUT2D eigenvalue weighted by molar-refractivity contribution is 5.94. The minimum atomic E-state index is -0.143. The molecule has 0 radical (unpaired) electrons. The van der Waals surface area contributed by atoms with Crippen molar-refractivity contribution in [3.05, 3.63) is 23.9 Å². The summed E-state index contributed by atoms with van der Waals surface area (Å²) in [6, 6.07) is 3.21. The van der Waals surface area contributed by atoms with Crippen molar-refractivity contribution < 1.29 is 9.53 Å². The monoisotopic (exact) mass is 166 g/mol. The molecule has 0 saturated heterocycles. The molecule has 0 fully saturated rings. The van der Waals surface area contributed by atoms with Crippen LogP contribution in [0.1, 0.15) is 10.4 Å². The van der Waals surface area contributed by atoms with Crippen LogP contribution in [0.25, 0.3) is 0 Å². The van der Waals surface area contributed by atoms with Crippen molar-refractivity contribution >= 4 is 5.91 Å². The van der Waals surface area contributed by atoms with Gasteiger partial charge in [0.25, 0.3) is 5.91 Å². The summed E-state index contributed by atoms with van der Waals surface area (Å²) in [7, 11) is 3.09. The van der Waals surface area contributed by atoms with Crippen molar-refractivity contribution in [1.82, 2.24) is 10.3 Å². The van der Waals surface area contributed by atoms with Crippen LogP contribution in [0.5, 0.6) is 5.88 Å². The Morgan fingerprint density at radius 2 is 2.42 bits per heavy atom. The first-order valence-electron chi connectivity index (χ1n) is 3.50. The molecule has 0 atom stereocenters. The molecule has 0 aliphatic carbocycles. The Hall–Kier alpha value is -1.58. The lowest BCUT2D eigenvalue weighted by Crippen LogP contribution is -2.17. The van der Waals surface area contributed by atoms with Crippen LogP contribution in [-0.2, 0) is 0 Å². The number of rotatable bonds is 2.